The zero-order chi connectivity index (χ0) is 14.3. The number of carbonyl (C=O) groups excluding carboxylic acids is 1. The highest BCUT2D eigenvalue weighted by Gasteiger charge is 2.13. The summed E-state index contributed by atoms with van der Waals surface area (Å²) in [6.07, 6.45) is 7.26. The van der Waals surface area contributed by atoms with Crippen LogP contribution in [0.15, 0.2) is 29.2 Å². The van der Waals surface area contributed by atoms with Gasteiger partial charge in [-0.15, -0.1) is 12.3 Å². The molecule has 0 aliphatic heterocycles. The Kier molecular flexibility index (Phi) is 5.74. The van der Waals surface area contributed by atoms with Crippen molar-refractivity contribution in [1.82, 2.24) is 4.72 Å². The number of carbonyl (C=O) groups is 1. The van der Waals surface area contributed by atoms with Crippen LogP contribution < -0.4 is 4.72 Å². The maximum absolute atomic E-state index is 11.9. The molecule has 0 spiro atoms. The Bertz CT molecular complexity index is 568. The molecule has 0 bridgehead atoms. The van der Waals surface area contributed by atoms with Gasteiger partial charge >= 0.3 is 0 Å². The highest BCUT2D eigenvalue weighted by molar-refractivity contribution is 7.89. The zero-order valence-corrected chi connectivity index (χ0v) is 11.7. The molecular weight excluding hydrogens is 262 g/mol. The molecule has 0 saturated carbocycles. The minimum absolute atomic E-state index is 0.0915. The number of nitrogens with one attached hydrogen (secondary N) is 1. The van der Waals surface area contributed by atoms with Crippen LogP contribution in [0, 0.1) is 12.3 Å². The molecule has 0 heterocycles. The lowest BCUT2D eigenvalue weighted by Gasteiger charge is -2.06. The quantitative estimate of drug-likeness (QED) is 0.471. The fourth-order valence-corrected chi connectivity index (χ4v) is 2.58. The summed E-state index contributed by atoms with van der Waals surface area (Å²) < 4.78 is 26.3. The standard InChI is InChI=1S/C14H17NO3S/c1-3-4-5-6-11-15-19(17,18)14-9-7-13(8-10-14)12(2)16/h1,7-10,15H,4-6,11H2,2H3. The molecular formula is C14H17NO3S. The summed E-state index contributed by atoms with van der Waals surface area (Å²) in [4.78, 5) is 11.3. The third kappa shape index (κ3) is 4.86. The molecule has 0 unspecified atom stereocenters. The van der Waals surface area contributed by atoms with Gasteiger partial charge in [-0.2, -0.15) is 0 Å². The minimum atomic E-state index is -3.50. The first kappa shape index (κ1) is 15.4. The van der Waals surface area contributed by atoms with Crippen molar-refractivity contribution in [2.75, 3.05) is 6.54 Å². The molecule has 102 valence electrons. The van der Waals surface area contributed by atoms with E-state index >= 15 is 0 Å². The van der Waals surface area contributed by atoms with E-state index in [2.05, 4.69) is 10.6 Å². The molecule has 1 aromatic carbocycles. The van der Waals surface area contributed by atoms with Gasteiger partial charge in [-0.3, -0.25) is 4.79 Å². The van der Waals surface area contributed by atoms with Crippen LogP contribution in [0.3, 0.4) is 0 Å². The lowest BCUT2D eigenvalue weighted by molar-refractivity contribution is 0.101. The highest BCUT2D eigenvalue weighted by atomic mass is 32.2. The van der Waals surface area contributed by atoms with E-state index in [1.165, 1.54) is 31.2 Å². The molecule has 0 saturated heterocycles. The van der Waals surface area contributed by atoms with Crippen molar-refractivity contribution in [3.05, 3.63) is 29.8 Å². The summed E-state index contributed by atoms with van der Waals surface area (Å²) in [5.74, 6) is 2.41. The van der Waals surface area contributed by atoms with Gasteiger partial charge < -0.3 is 0 Å². The number of rotatable bonds is 7. The SMILES string of the molecule is C#CCCCCNS(=O)(=O)c1ccc(C(C)=O)cc1. The topological polar surface area (TPSA) is 63.2 Å². The van der Waals surface area contributed by atoms with Gasteiger partial charge in [-0.05, 0) is 31.9 Å². The van der Waals surface area contributed by atoms with E-state index in [1.54, 1.807) is 0 Å². The van der Waals surface area contributed by atoms with E-state index in [-0.39, 0.29) is 10.7 Å². The first-order valence-corrected chi connectivity index (χ1v) is 7.50. The molecule has 5 heteroatoms. The second-order valence-electron chi connectivity index (χ2n) is 4.14. The molecule has 0 atom stereocenters. The lowest BCUT2D eigenvalue weighted by Crippen LogP contribution is -2.24. The van der Waals surface area contributed by atoms with Crippen molar-refractivity contribution >= 4 is 15.8 Å². The maximum atomic E-state index is 11.9. The van der Waals surface area contributed by atoms with Crippen molar-refractivity contribution in [3.63, 3.8) is 0 Å². The normalized spacial score (nSPS) is 10.9. The summed E-state index contributed by atoms with van der Waals surface area (Å²) in [6.45, 7) is 1.80. The van der Waals surface area contributed by atoms with Crippen molar-refractivity contribution in [2.24, 2.45) is 0 Å². The third-order valence-electron chi connectivity index (χ3n) is 2.61. The summed E-state index contributed by atoms with van der Waals surface area (Å²) >= 11 is 0. The fraction of sp³-hybridized carbons (Fsp3) is 0.357. The van der Waals surface area contributed by atoms with Gasteiger partial charge in [0.15, 0.2) is 5.78 Å². The van der Waals surface area contributed by atoms with Gasteiger partial charge in [0.05, 0.1) is 4.90 Å². The Hall–Kier alpha value is -1.64. The molecule has 1 N–H and O–H groups in total. The molecule has 1 aromatic rings. The number of terminal acetylenes is 1. The number of unbranched alkanes of at least 4 members (excludes halogenated alkanes) is 2. The molecule has 0 amide bonds. The first-order chi connectivity index (χ1) is 8.97. The molecule has 19 heavy (non-hydrogen) atoms. The van der Waals surface area contributed by atoms with Gasteiger partial charge in [-0.1, -0.05) is 12.1 Å². The molecule has 0 aliphatic carbocycles. The Labute approximate surface area is 114 Å². The van der Waals surface area contributed by atoms with Crippen LogP contribution in [-0.2, 0) is 10.0 Å². The van der Waals surface area contributed by atoms with Crippen molar-refractivity contribution in [3.8, 4) is 12.3 Å². The van der Waals surface area contributed by atoms with Crippen LogP contribution in [0.4, 0.5) is 0 Å². The van der Waals surface area contributed by atoms with Gasteiger partial charge in [0.1, 0.15) is 0 Å². The van der Waals surface area contributed by atoms with Crippen LogP contribution in [0.1, 0.15) is 36.5 Å². The van der Waals surface area contributed by atoms with Crippen molar-refractivity contribution in [1.29, 1.82) is 0 Å². The second-order valence-corrected chi connectivity index (χ2v) is 5.91. The highest BCUT2D eigenvalue weighted by Crippen LogP contribution is 2.11. The lowest BCUT2D eigenvalue weighted by atomic mass is 10.2. The largest absolute Gasteiger partial charge is 0.295 e. The smallest absolute Gasteiger partial charge is 0.240 e. The number of hydrogen-bond acceptors (Lipinski definition) is 3. The molecule has 0 radical (unpaired) electrons. The van der Waals surface area contributed by atoms with E-state index < -0.39 is 10.0 Å². The van der Waals surface area contributed by atoms with Gasteiger partial charge in [0.2, 0.25) is 10.0 Å². The minimum Gasteiger partial charge on any atom is -0.295 e. The maximum Gasteiger partial charge on any atom is 0.240 e. The van der Waals surface area contributed by atoms with Gasteiger partial charge in [-0.25, -0.2) is 13.1 Å². The third-order valence-corrected chi connectivity index (χ3v) is 4.09. The van der Waals surface area contributed by atoms with Gasteiger partial charge in [0.25, 0.3) is 0 Å². The van der Waals surface area contributed by atoms with Crippen LogP contribution in [0.5, 0.6) is 0 Å². The number of Topliss-reactive ketones (excluding diaryl/α,β-unsaturated/α-hetero) is 1. The Balaban J connectivity index is 2.62. The molecule has 0 aromatic heterocycles. The number of benzene rings is 1. The molecule has 1 rings (SSSR count). The Morgan fingerprint density at radius 3 is 2.42 bits per heavy atom. The van der Waals surface area contributed by atoms with E-state index in [0.29, 0.717) is 24.9 Å². The fourth-order valence-electron chi connectivity index (χ4n) is 1.51. The summed E-state index contributed by atoms with van der Waals surface area (Å²) in [5, 5.41) is 0. The first-order valence-electron chi connectivity index (χ1n) is 6.01. The average Bonchev–Trinajstić information content (AvgIpc) is 2.38. The van der Waals surface area contributed by atoms with Crippen LogP contribution in [0.25, 0.3) is 0 Å². The number of hydrogen-bond donors (Lipinski definition) is 1. The molecule has 4 nitrogen and oxygen atoms in total. The number of sulfonamides is 1. The van der Waals surface area contributed by atoms with Crippen LogP contribution in [-0.4, -0.2) is 20.7 Å². The van der Waals surface area contributed by atoms with Gasteiger partial charge in [0, 0.05) is 18.5 Å². The monoisotopic (exact) mass is 279 g/mol. The second kappa shape index (κ2) is 7.07. The van der Waals surface area contributed by atoms with E-state index in [9.17, 15) is 13.2 Å². The Morgan fingerprint density at radius 2 is 1.89 bits per heavy atom. The average molecular weight is 279 g/mol. The predicted molar refractivity (Wildman–Crippen MR) is 74.3 cm³/mol. The summed E-state index contributed by atoms with van der Waals surface area (Å²) in [7, 11) is -3.50. The Morgan fingerprint density at radius 1 is 1.26 bits per heavy atom. The van der Waals surface area contributed by atoms with Crippen LogP contribution in [0.2, 0.25) is 0 Å². The zero-order valence-electron chi connectivity index (χ0n) is 10.8. The van der Waals surface area contributed by atoms with Crippen LogP contribution >= 0.6 is 0 Å². The summed E-state index contributed by atoms with van der Waals surface area (Å²) in [6, 6.07) is 5.88. The van der Waals surface area contributed by atoms with E-state index in [1.807, 2.05) is 0 Å². The van der Waals surface area contributed by atoms with E-state index in [0.717, 1.165) is 6.42 Å². The van der Waals surface area contributed by atoms with Crippen molar-refractivity contribution < 1.29 is 13.2 Å². The predicted octanol–water partition coefficient (Wildman–Crippen LogP) is 1.97. The van der Waals surface area contributed by atoms with E-state index in [4.69, 9.17) is 6.42 Å². The number of ketones is 1. The summed E-state index contributed by atoms with van der Waals surface area (Å²) in [5.41, 5.74) is 0.493. The molecule has 0 aliphatic rings. The van der Waals surface area contributed by atoms with Crippen molar-refractivity contribution in [2.45, 2.75) is 31.1 Å². The molecule has 0 fully saturated rings.